The molecular formula is C15H11Cl3N2O. The molecule has 0 spiro atoms. The first-order valence-electron chi connectivity index (χ1n) is 6.19. The lowest BCUT2D eigenvalue weighted by atomic mass is 10.0. The second kappa shape index (κ2) is 5.87. The molecular weight excluding hydrogens is 331 g/mol. The topological polar surface area (TPSA) is 51.2 Å². The highest BCUT2D eigenvalue weighted by Gasteiger charge is 2.21. The average Bonchev–Trinajstić information content (AvgIpc) is 2.87. The van der Waals surface area contributed by atoms with Gasteiger partial charge in [-0.3, -0.25) is 5.84 Å². The molecule has 1 heterocycles. The van der Waals surface area contributed by atoms with Crippen LogP contribution in [0.4, 0.5) is 0 Å². The summed E-state index contributed by atoms with van der Waals surface area (Å²) in [6.45, 7) is 0. The van der Waals surface area contributed by atoms with Gasteiger partial charge in [0, 0.05) is 10.4 Å². The first-order valence-corrected chi connectivity index (χ1v) is 7.32. The predicted molar refractivity (Wildman–Crippen MR) is 86.9 cm³/mol. The highest BCUT2D eigenvalue weighted by molar-refractivity contribution is 6.42. The van der Waals surface area contributed by atoms with Crippen molar-refractivity contribution >= 4 is 45.8 Å². The van der Waals surface area contributed by atoms with E-state index in [1.54, 1.807) is 12.1 Å². The number of halogens is 3. The molecule has 0 bridgehead atoms. The fourth-order valence-corrected chi connectivity index (χ4v) is 2.84. The van der Waals surface area contributed by atoms with E-state index >= 15 is 0 Å². The Morgan fingerprint density at radius 2 is 1.86 bits per heavy atom. The molecule has 0 aliphatic heterocycles. The molecule has 3 rings (SSSR count). The zero-order valence-electron chi connectivity index (χ0n) is 10.7. The summed E-state index contributed by atoms with van der Waals surface area (Å²) < 4.78 is 5.82. The van der Waals surface area contributed by atoms with Crippen LogP contribution in [0.5, 0.6) is 0 Å². The van der Waals surface area contributed by atoms with Crippen LogP contribution in [-0.4, -0.2) is 0 Å². The van der Waals surface area contributed by atoms with Crippen molar-refractivity contribution in [1.82, 2.24) is 5.43 Å². The van der Waals surface area contributed by atoms with Crippen LogP contribution < -0.4 is 11.3 Å². The number of hydrogen-bond acceptors (Lipinski definition) is 3. The SMILES string of the molecule is NNC(c1cc2cc(Cl)ccc2o1)c1cccc(Cl)c1Cl. The number of hydrazine groups is 1. The van der Waals surface area contributed by atoms with Crippen molar-refractivity contribution in [3.8, 4) is 0 Å². The van der Waals surface area contributed by atoms with Crippen molar-refractivity contribution < 1.29 is 4.42 Å². The van der Waals surface area contributed by atoms with Gasteiger partial charge < -0.3 is 4.42 Å². The summed E-state index contributed by atoms with van der Waals surface area (Å²) >= 11 is 18.3. The molecule has 6 heteroatoms. The number of nitrogens with one attached hydrogen (secondary N) is 1. The number of rotatable bonds is 3. The molecule has 21 heavy (non-hydrogen) atoms. The monoisotopic (exact) mass is 340 g/mol. The van der Waals surface area contributed by atoms with Crippen LogP contribution in [0.15, 0.2) is 46.9 Å². The third-order valence-electron chi connectivity index (χ3n) is 3.24. The van der Waals surface area contributed by atoms with Crippen LogP contribution >= 0.6 is 34.8 Å². The third kappa shape index (κ3) is 2.76. The van der Waals surface area contributed by atoms with E-state index < -0.39 is 6.04 Å². The van der Waals surface area contributed by atoms with Crippen molar-refractivity contribution in [3.63, 3.8) is 0 Å². The first kappa shape index (κ1) is 14.7. The summed E-state index contributed by atoms with van der Waals surface area (Å²) in [7, 11) is 0. The van der Waals surface area contributed by atoms with Gasteiger partial charge in [-0.25, -0.2) is 5.43 Å². The van der Waals surface area contributed by atoms with Gasteiger partial charge in [-0.05, 0) is 35.9 Å². The van der Waals surface area contributed by atoms with E-state index in [2.05, 4.69) is 5.43 Å². The van der Waals surface area contributed by atoms with Gasteiger partial charge in [0.1, 0.15) is 17.4 Å². The fraction of sp³-hybridized carbons (Fsp3) is 0.0667. The quantitative estimate of drug-likeness (QED) is 0.524. The van der Waals surface area contributed by atoms with Gasteiger partial charge in [-0.1, -0.05) is 46.9 Å². The highest BCUT2D eigenvalue weighted by Crippen LogP contribution is 2.35. The van der Waals surface area contributed by atoms with Gasteiger partial charge in [-0.15, -0.1) is 0 Å². The minimum atomic E-state index is -0.401. The van der Waals surface area contributed by atoms with E-state index in [0.29, 0.717) is 20.8 Å². The molecule has 3 N–H and O–H groups in total. The van der Waals surface area contributed by atoms with Gasteiger partial charge in [0.2, 0.25) is 0 Å². The zero-order chi connectivity index (χ0) is 15.0. The Morgan fingerprint density at radius 1 is 1.05 bits per heavy atom. The van der Waals surface area contributed by atoms with Crippen LogP contribution in [0, 0.1) is 0 Å². The van der Waals surface area contributed by atoms with E-state index in [4.69, 9.17) is 45.1 Å². The van der Waals surface area contributed by atoms with E-state index in [-0.39, 0.29) is 0 Å². The standard InChI is InChI=1S/C15H11Cl3N2O/c16-9-4-5-12-8(6-9)7-13(21-12)15(20-19)10-2-1-3-11(17)14(10)18/h1-7,15,20H,19H2. The molecule has 1 aromatic heterocycles. The molecule has 1 atom stereocenters. The maximum atomic E-state index is 6.25. The lowest BCUT2D eigenvalue weighted by Gasteiger charge is -2.15. The minimum absolute atomic E-state index is 0.401. The molecule has 0 aliphatic rings. The summed E-state index contributed by atoms with van der Waals surface area (Å²) in [5.41, 5.74) is 4.18. The van der Waals surface area contributed by atoms with Gasteiger partial charge in [0.15, 0.2) is 0 Å². The molecule has 1 unspecified atom stereocenters. The summed E-state index contributed by atoms with van der Waals surface area (Å²) in [4.78, 5) is 0. The molecule has 0 saturated carbocycles. The molecule has 0 amide bonds. The summed E-state index contributed by atoms with van der Waals surface area (Å²) in [6, 6.07) is 12.3. The molecule has 108 valence electrons. The van der Waals surface area contributed by atoms with Crippen molar-refractivity contribution in [1.29, 1.82) is 0 Å². The van der Waals surface area contributed by atoms with Gasteiger partial charge >= 0.3 is 0 Å². The second-order valence-electron chi connectivity index (χ2n) is 4.57. The Balaban J connectivity index is 2.11. The Bertz CT molecular complexity index is 801. The fourth-order valence-electron chi connectivity index (χ4n) is 2.25. The van der Waals surface area contributed by atoms with E-state index in [0.717, 1.165) is 16.5 Å². The third-order valence-corrected chi connectivity index (χ3v) is 4.31. The lowest BCUT2D eigenvalue weighted by molar-refractivity contribution is 0.477. The predicted octanol–water partition coefficient (Wildman–Crippen LogP) is 4.95. The molecule has 3 aromatic rings. The highest BCUT2D eigenvalue weighted by atomic mass is 35.5. The summed E-state index contributed by atoms with van der Waals surface area (Å²) in [6.07, 6.45) is 0. The summed E-state index contributed by atoms with van der Waals surface area (Å²) in [5.74, 6) is 6.31. The number of fused-ring (bicyclic) bond motifs is 1. The van der Waals surface area contributed by atoms with E-state index in [9.17, 15) is 0 Å². The Kier molecular flexibility index (Phi) is 4.11. The Morgan fingerprint density at radius 3 is 2.62 bits per heavy atom. The molecule has 0 fully saturated rings. The number of furan rings is 1. The normalized spacial score (nSPS) is 12.8. The number of hydrogen-bond donors (Lipinski definition) is 2. The largest absolute Gasteiger partial charge is 0.459 e. The Hall–Kier alpha value is -1.23. The molecule has 3 nitrogen and oxygen atoms in total. The van der Waals surface area contributed by atoms with Crippen molar-refractivity contribution in [3.05, 3.63) is 68.9 Å². The van der Waals surface area contributed by atoms with Gasteiger partial charge in [0.05, 0.1) is 10.0 Å². The number of nitrogens with two attached hydrogens (primary N) is 1. The molecule has 2 aromatic carbocycles. The lowest BCUT2D eigenvalue weighted by Crippen LogP contribution is -2.28. The average molecular weight is 342 g/mol. The minimum Gasteiger partial charge on any atom is -0.459 e. The van der Waals surface area contributed by atoms with Crippen LogP contribution in [-0.2, 0) is 0 Å². The van der Waals surface area contributed by atoms with Crippen LogP contribution in [0.25, 0.3) is 11.0 Å². The first-order chi connectivity index (χ1) is 10.1. The summed E-state index contributed by atoms with van der Waals surface area (Å²) in [5, 5.41) is 2.46. The van der Waals surface area contributed by atoms with Crippen LogP contribution in [0.2, 0.25) is 15.1 Å². The number of benzene rings is 2. The van der Waals surface area contributed by atoms with Crippen molar-refractivity contribution in [2.45, 2.75) is 6.04 Å². The zero-order valence-corrected chi connectivity index (χ0v) is 13.0. The van der Waals surface area contributed by atoms with Crippen molar-refractivity contribution in [2.24, 2.45) is 5.84 Å². The Labute approximate surface area is 136 Å². The van der Waals surface area contributed by atoms with E-state index in [1.807, 2.05) is 30.3 Å². The maximum absolute atomic E-state index is 6.25. The molecule has 0 saturated heterocycles. The van der Waals surface area contributed by atoms with Crippen molar-refractivity contribution in [2.75, 3.05) is 0 Å². The molecule has 0 radical (unpaired) electrons. The van der Waals surface area contributed by atoms with Crippen LogP contribution in [0.3, 0.4) is 0 Å². The second-order valence-corrected chi connectivity index (χ2v) is 5.80. The molecule has 0 aliphatic carbocycles. The maximum Gasteiger partial charge on any atom is 0.134 e. The van der Waals surface area contributed by atoms with E-state index in [1.165, 1.54) is 0 Å². The smallest absolute Gasteiger partial charge is 0.134 e. The van der Waals surface area contributed by atoms with Gasteiger partial charge in [-0.2, -0.15) is 0 Å². The van der Waals surface area contributed by atoms with Crippen LogP contribution in [0.1, 0.15) is 17.4 Å². The van der Waals surface area contributed by atoms with Gasteiger partial charge in [0.25, 0.3) is 0 Å².